The zero-order valence-electron chi connectivity index (χ0n) is 14.3. The van der Waals surface area contributed by atoms with Gasteiger partial charge < -0.3 is 10.1 Å². The van der Waals surface area contributed by atoms with E-state index in [2.05, 4.69) is 42.5 Å². The number of nitrogens with one attached hydrogen (secondary N) is 2. The van der Waals surface area contributed by atoms with E-state index in [9.17, 15) is 4.79 Å². The molecule has 0 unspecified atom stereocenters. The smallest absolute Gasteiger partial charge is 0.323 e. The fourth-order valence-corrected chi connectivity index (χ4v) is 2.26. The molecule has 1 aromatic carbocycles. The van der Waals surface area contributed by atoms with Gasteiger partial charge in [0.05, 0.1) is 5.02 Å². The van der Waals surface area contributed by atoms with Crippen molar-refractivity contribution in [1.29, 1.82) is 0 Å². The molecule has 2 amide bonds. The van der Waals surface area contributed by atoms with Crippen molar-refractivity contribution in [3.05, 3.63) is 52.7 Å². The van der Waals surface area contributed by atoms with Gasteiger partial charge >= 0.3 is 6.03 Å². The van der Waals surface area contributed by atoms with E-state index in [1.165, 1.54) is 11.8 Å². The molecule has 0 saturated carbocycles. The van der Waals surface area contributed by atoms with Crippen LogP contribution in [0.1, 0.15) is 31.9 Å². The molecule has 6 heteroatoms. The third-order valence-corrected chi connectivity index (χ3v) is 3.60. The zero-order chi connectivity index (χ0) is 17.7. The molecule has 128 valence electrons. The van der Waals surface area contributed by atoms with Crippen LogP contribution >= 0.6 is 11.6 Å². The Morgan fingerprint density at radius 3 is 2.62 bits per heavy atom. The molecule has 2 aromatic rings. The Morgan fingerprint density at radius 2 is 2.00 bits per heavy atom. The van der Waals surface area contributed by atoms with Crippen molar-refractivity contribution in [2.45, 2.75) is 33.1 Å². The number of rotatable bonds is 4. The Labute approximate surface area is 147 Å². The first kappa shape index (κ1) is 18.1. The summed E-state index contributed by atoms with van der Waals surface area (Å²) in [5.41, 5.74) is 2.23. The number of nitrogens with zero attached hydrogens (tertiary/aromatic N) is 1. The predicted molar refractivity (Wildman–Crippen MR) is 96.8 cm³/mol. The van der Waals surface area contributed by atoms with Gasteiger partial charge in [0, 0.05) is 6.20 Å². The van der Waals surface area contributed by atoms with Crippen molar-refractivity contribution in [2.24, 2.45) is 0 Å². The number of pyridine rings is 1. The minimum Gasteiger partial charge on any atom is -0.473 e. The van der Waals surface area contributed by atoms with Gasteiger partial charge in [0.1, 0.15) is 11.6 Å². The highest BCUT2D eigenvalue weighted by Crippen LogP contribution is 2.31. The molecular formula is C18H22ClN3O2. The fraction of sp³-hybridized carbons (Fsp3) is 0.333. The van der Waals surface area contributed by atoms with Crippen LogP contribution in [0.4, 0.5) is 10.6 Å². The second kappa shape index (κ2) is 7.53. The van der Waals surface area contributed by atoms with Gasteiger partial charge in [0.15, 0.2) is 6.73 Å². The van der Waals surface area contributed by atoms with E-state index in [0.717, 1.165) is 11.3 Å². The van der Waals surface area contributed by atoms with Crippen LogP contribution in [0.25, 0.3) is 0 Å². The van der Waals surface area contributed by atoms with Crippen molar-refractivity contribution in [3.8, 4) is 5.75 Å². The summed E-state index contributed by atoms with van der Waals surface area (Å²) in [7, 11) is 0. The molecule has 0 radical (unpaired) electrons. The largest absolute Gasteiger partial charge is 0.473 e. The van der Waals surface area contributed by atoms with Crippen LogP contribution < -0.4 is 15.4 Å². The molecule has 1 aromatic heterocycles. The second-order valence-electron chi connectivity index (χ2n) is 6.53. The van der Waals surface area contributed by atoms with Crippen molar-refractivity contribution in [2.75, 3.05) is 12.0 Å². The molecule has 2 rings (SSSR count). The van der Waals surface area contributed by atoms with Crippen LogP contribution in [0.3, 0.4) is 0 Å². The van der Waals surface area contributed by atoms with Crippen LogP contribution in [0.2, 0.25) is 5.02 Å². The Morgan fingerprint density at radius 1 is 1.25 bits per heavy atom. The maximum atomic E-state index is 11.8. The number of hydrogen-bond donors (Lipinski definition) is 2. The predicted octanol–water partition coefficient (Wildman–Crippen LogP) is 4.50. The molecular weight excluding hydrogens is 326 g/mol. The van der Waals surface area contributed by atoms with E-state index < -0.39 is 6.03 Å². The summed E-state index contributed by atoms with van der Waals surface area (Å²) in [6, 6.07) is 8.91. The molecule has 0 fully saturated rings. The van der Waals surface area contributed by atoms with Crippen molar-refractivity contribution in [3.63, 3.8) is 0 Å². The molecule has 5 nitrogen and oxygen atoms in total. The second-order valence-corrected chi connectivity index (χ2v) is 6.97. The van der Waals surface area contributed by atoms with E-state index in [-0.39, 0.29) is 12.1 Å². The van der Waals surface area contributed by atoms with Crippen molar-refractivity contribution in [1.82, 2.24) is 10.3 Å². The maximum absolute atomic E-state index is 11.8. The van der Waals surface area contributed by atoms with E-state index in [0.29, 0.717) is 10.8 Å². The number of urea groups is 1. The van der Waals surface area contributed by atoms with Crippen LogP contribution in [0, 0.1) is 6.92 Å². The lowest BCUT2D eigenvalue weighted by Gasteiger charge is -2.23. The van der Waals surface area contributed by atoms with E-state index >= 15 is 0 Å². The molecule has 0 bridgehead atoms. The summed E-state index contributed by atoms with van der Waals surface area (Å²) in [6.07, 6.45) is 1.47. The molecule has 0 aliphatic rings. The van der Waals surface area contributed by atoms with E-state index in [4.69, 9.17) is 16.3 Å². The molecule has 2 N–H and O–H groups in total. The van der Waals surface area contributed by atoms with Gasteiger partial charge in [-0.05, 0) is 36.1 Å². The molecule has 1 heterocycles. The van der Waals surface area contributed by atoms with Crippen LogP contribution in [0.15, 0.2) is 36.5 Å². The first-order chi connectivity index (χ1) is 11.3. The highest BCUT2D eigenvalue weighted by atomic mass is 35.5. The minimum atomic E-state index is -0.394. The quantitative estimate of drug-likeness (QED) is 0.800. The number of anilines is 1. The van der Waals surface area contributed by atoms with Crippen LogP contribution in [-0.4, -0.2) is 17.7 Å². The van der Waals surface area contributed by atoms with Gasteiger partial charge in [-0.1, -0.05) is 50.1 Å². The SMILES string of the molecule is Cc1ccc(OCNC(=O)Nc2ccc(Cl)cn2)c(C(C)(C)C)c1. The summed E-state index contributed by atoms with van der Waals surface area (Å²) < 4.78 is 5.73. The Hall–Kier alpha value is -2.27. The molecule has 0 aliphatic heterocycles. The number of amides is 2. The zero-order valence-corrected chi connectivity index (χ0v) is 15.1. The topological polar surface area (TPSA) is 63.2 Å². The summed E-state index contributed by atoms with van der Waals surface area (Å²) in [5.74, 6) is 1.18. The molecule has 0 spiro atoms. The number of carbonyl (C=O) groups excluding carboxylic acids is 1. The summed E-state index contributed by atoms with van der Waals surface area (Å²) >= 11 is 5.75. The first-order valence-corrected chi connectivity index (χ1v) is 8.04. The molecule has 0 atom stereocenters. The van der Waals surface area contributed by atoms with Crippen molar-refractivity contribution < 1.29 is 9.53 Å². The lowest BCUT2D eigenvalue weighted by molar-refractivity contribution is 0.233. The van der Waals surface area contributed by atoms with Gasteiger partial charge in [-0.15, -0.1) is 0 Å². The third kappa shape index (κ3) is 5.13. The summed E-state index contributed by atoms with van der Waals surface area (Å²) in [6.45, 7) is 8.48. The fourth-order valence-electron chi connectivity index (χ4n) is 2.15. The van der Waals surface area contributed by atoms with Crippen LogP contribution in [-0.2, 0) is 5.41 Å². The summed E-state index contributed by atoms with van der Waals surface area (Å²) in [5, 5.41) is 5.76. The number of aryl methyl sites for hydroxylation is 1. The van der Waals surface area contributed by atoms with Crippen LogP contribution in [0.5, 0.6) is 5.75 Å². The lowest BCUT2D eigenvalue weighted by Crippen LogP contribution is -2.32. The van der Waals surface area contributed by atoms with Gasteiger partial charge in [-0.2, -0.15) is 0 Å². The average Bonchev–Trinajstić information content (AvgIpc) is 2.50. The average molecular weight is 348 g/mol. The maximum Gasteiger partial charge on any atom is 0.323 e. The van der Waals surface area contributed by atoms with Gasteiger partial charge in [-0.3, -0.25) is 5.32 Å². The van der Waals surface area contributed by atoms with Gasteiger partial charge in [0.2, 0.25) is 0 Å². The van der Waals surface area contributed by atoms with E-state index in [1.54, 1.807) is 12.1 Å². The lowest BCUT2D eigenvalue weighted by atomic mass is 9.85. The monoisotopic (exact) mass is 347 g/mol. The first-order valence-electron chi connectivity index (χ1n) is 7.66. The Bertz CT molecular complexity index is 709. The molecule has 24 heavy (non-hydrogen) atoms. The minimum absolute atomic E-state index is 0.0448. The summed E-state index contributed by atoms with van der Waals surface area (Å²) in [4.78, 5) is 15.8. The number of carbonyl (C=O) groups is 1. The highest BCUT2D eigenvalue weighted by Gasteiger charge is 2.19. The number of halogens is 1. The van der Waals surface area contributed by atoms with Crippen molar-refractivity contribution >= 4 is 23.4 Å². The number of benzene rings is 1. The Kier molecular flexibility index (Phi) is 5.67. The Balaban J connectivity index is 1.92. The standard InChI is InChI=1S/C18H22ClN3O2/c1-12-5-7-15(14(9-12)18(2,3)4)24-11-21-17(23)22-16-8-6-13(19)10-20-16/h5-10H,11H2,1-4H3,(H2,20,21,22,23). The number of hydrogen-bond acceptors (Lipinski definition) is 3. The highest BCUT2D eigenvalue weighted by molar-refractivity contribution is 6.30. The van der Waals surface area contributed by atoms with Gasteiger partial charge in [-0.25, -0.2) is 9.78 Å². The normalized spacial score (nSPS) is 11.0. The van der Waals surface area contributed by atoms with Gasteiger partial charge in [0.25, 0.3) is 0 Å². The number of ether oxygens (including phenoxy) is 1. The number of aromatic nitrogens is 1. The molecule has 0 saturated heterocycles. The third-order valence-electron chi connectivity index (χ3n) is 3.37. The van der Waals surface area contributed by atoms with E-state index in [1.807, 2.05) is 19.1 Å². The molecule has 0 aliphatic carbocycles.